The average molecular weight is 227 g/mol. The predicted octanol–water partition coefficient (Wildman–Crippen LogP) is 2.26. The molecule has 3 nitrogen and oxygen atoms in total. The fourth-order valence-electron chi connectivity index (χ4n) is 1.44. The van der Waals surface area contributed by atoms with Crippen LogP contribution in [0.5, 0.6) is 5.75 Å². The molecule has 2 N–H and O–H groups in total. The molecule has 1 aromatic rings. The zero-order valence-electron chi connectivity index (χ0n) is 9.87. The number of benzene rings is 1. The molecule has 0 amide bonds. The van der Waals surface area contributed by atoms with Crippen molar-refractivity contribution < 1.29 is 13.9 Å². The molecule has 90 valence electrons. The van der Waals surface area contributed by atoms with E-state index in [1.165, 1.54) is 6.07 Å². The van der Waals surface area contributed by atoms with Crippen LogP contribution in [0, 0.1) is 5.82 Å². The van der Waals surface area contributed by atoms with Crippen LogP contribution in [0.2, 0.25) is 0 Å². The van der Waals surface area contributed by atoms with Crippen molar-refractivity contribution in [2.45, 2.75) is 26.1 Å². The third-order valence-electron chi connectivity index (χ3n) is 2.19. The lowest BCUT2D eigenvalue weighted by Gasteiger charge is -2.15. The van der Waals surface area contributed by atoms with Crippen LogP contribution < -0.4 is 10.5 Å². The van der Waals surface area contributed by atoms with Crippen molar-refractivity contribution in [3.05, 3.63) is 29.6 Å². The van der Waals surface area contributed by atoms with Gasteiger partial charge >= 0.3 is 0 Å². The second kappa shape index (κ2) is 5.82. The van der Waals surface area contributed by atoms with Crippen molar-refractivity contribution >= 4 is 0 Å². The van der Waals surface area contributed by atoms with E-state index in [-0.39, 0.29) is 23.8 Å². The molecule has 0 aliphatic heterocycles. The lowest BCUT2D eigenvalue weighted by atomic mass is 10.1. The van der Waals surface area contributed by atoms with Crippen LogP contribution in [0.3, 0.4) is 0 Å². The highest BCUT2D eigenvalue weighted by Crippen LogP contribution is 2.24. The second-order valence-electron chi connectivity index (χ2n) is 3.82. The minimum Gasteiger partial charge on any atom is -0.488 e. The number of ether oxygens (including phenoxy) is 2. The van der Waals surface area contributed by atoms with Gasteiger partial charge in [-0.15, -0.1) is 0 Å². The van der Waals surface area contributed by atoms with Gasteiger partial charge in [0.1, 0.15) is 0 Å². The number of methoxy groups -OCH3 is 1. The molecule has 0 aliphatic rings. The molecule has 0 saturated carbocycles. The van der Waals surface area contributed by atoms with Gasteiger partial charge in [-0.05, 0) is 31.5 Å². The van der Waals surface area contributed by atoms with Crippen LogP contribution in [0.4, 0.5) is 4.39 Å². The van der Waals surface area contributed by atoms with Crippen molar-refractivity contribution in [1.82, 2.24) is 0 Å². The number of nitrogens with two attached hydrogens (primary N) is 1. The van der Waals surface area contributed by atoms with Crippen LogP contribution in [0.1, 0.15) is 25.5 Å². The van der Waals surface area contributed by atoms with Crippen molar-refractivity contribution in [2.75, 3.05) is 13.7 Å². The van der Waals surface area contributed by atoms with Gasteiger partial charge in [-0.1, -0.05) is 6.07 Å². The van der Waals surface area contributed by atoms with Gasteiger partial charge < -0.3 is 15.2 Å². The van der Waals surface area contributed by atoms with E-state index in [4.69, 9.17) is 15.2 Å². The summed E-state index contributed by atoms with van der Waals surface area (Å²) < 4.78 is 24.1. The summed E-state index contributed by atoms with van der Waals surface area (Å²) in [5.74, 6) is -0.132. The molecular formula is C12H18FNO2. The van der Waals surface area contributed by atoms with Gasteiger partial charge in [-0.25, -0.2) is 4.39 Å². The molecule has 0 saturated heterocycles. The molecule has 1 unspecified atom stereocenters. The molecule has 0 heterocycles. The van der Waals surface area contributed by atoms with Gasteiger partial charge in [-0.2, -0.15) is 0 Å². The first kappa shape index (κ1) is 12.9. The monoisotopic (exact) mass is 227 g/mol. The van der Waals surface area contributed by atoms with Gasteiger partial charge in [-0.3, -0.25) is 0 Å². The van der Waals surface area contributed by atoms with E-state index in [1.807, 2.05) is 13.8 Å². The van der Waals surface area contributed by atoms with E-state index < -0.39 is 0 Å². The van der Waals surface area contributed by atoms with Crippen LogP contribution in [0.25, 0.3) is 0 Å². The fraction of sp³-hybridized carbons (Fsp3) is 0.500. The van der Waals surface area contributed by atoms with Crippen LogP contribution >= 0.6 is 0 Å². The Kier molecular flexibility index (Phi) is 4.71. The van der Waals surface area contributed by atoms with E-state index in [9.17, 15) is 4.39 Å². The molecule has 16 heavy (non-hydrogen) atoms. The van der Waals surface area contributed by atoms with Crippen LogP contribution in [-0.2, 0) is 4.74 Å². The van der Waals surface area contributed by atoms with Crippen LogP contribution in [-0.4, -0.2) is 19.8 Å². The molecule has 0 fully saturated rings. The Labute approximate surface area is 95.4 Å². The summed E-state index contributed by atoms with van der Waals surface area (Å²) in [6.07, 6.45) is -0.323. The Morgan fingerprint density at radius 2 is 2.06 bits per heavy atom. The standard InChI is InChI=1S/C12H18FNO2/c1-8(2)16-11-5-4-9(6-10(11)13)12(7-14)15-3/h4-6,8,12H,7,14H2,1-3H3. The number of halogens is 1. The SMILES string of the molecule is COC(CN)c1ccc(OC(C)C)c(F)c1. The lowest BCUT2D eigenvalue weighted by Crippen LogP contribution is -2.14. The first-order valence-corrected chi connectivity index (χ1v) is 5.27. The normalized spacial score (nSPS) is 12.9. The summed E-state index contributed by atoms with van der Waals surface area (Å²) in [6.45, 7) is 4.02. The Balaban J connectivity index is 2.89. The van der Waals surface area contributed by atoms with E-state index in [2.05, 4.69) is 0 Å². The summed E-state index contributed by atoms with van der Waals surface area (Å²) in [4.78, 5) is 0. The highest BCUT2D eigenvalue weighted by molar-refractivity contribution is 5.30. The highest BCUT2D eigenvalue weighted by Gasteiger charge is 2.12. The maximum Gasteiger partial charge on any atom is 0.165 e. The van der Waals surface area contributed by atoms with Crippen molar-refractivity contribution in [1.29, 1.82) is 0 Å². The third kappa shape index (κ3) is 3.18. The van der Waals surface area contributed by atoms with E-state index in [0.717, 1.165) is 5.56 Å². The largest absolute Gasteiger partial charge is 0.488 e. The number of hydrogen-bond donors (Lipinski definition) is 1. The van der Waals surface area contributed by atoms with Gasteiger partial charge in [0, 0.05) is 13.7 Å². The summed E-state index contributed by atoms with van der Waals surface area (Å²) in [6, 6.07) is 4.77. The Morgan fingerprint density at radius 3 is 2.50 bits per heavy atom. The Morgan fingerprint density at radius 1 is 1.38 bits per heavy atom. The minimum absolute atomic E-state index is 0.0481. The van der Waals surface area contributed by atoms with E-state index >= 15 is 0 Å². The average Bonchev–Trinajstić information content (AvgIpc) is 2.23. The zero-order chi connectivity index (χ0) is 12.1. The molecule has 4 heteroatoms. The third-order valence-corrected chi connectivity index (χ3v) is 2.19. The molecule has 1 aromatic carbocycles. The van der Waals surface area contributed by atoms with E-state index in [0.29, 0.717) is 6.54 Å². The first-order valence-electron chi connectivity index (χ1n) is 5.27. The number of hydrogen-bond acceptors (Lipinski definition) is 3. The van der Waals surface area contributed by atoms with Crippen molar-refractivity contribution in [2.24, 2.45) is 5.73 Å². The molecule has 0 aromatic heterocycles. The molecule has 1 rings (SSSR count). The summed E-state index contributed by atoms with van der Waals surface area (Å²) in [7, 11) is 1.55. The Hall–Kier alpha value is -1.13. The maximum atomic E-state index is 13.6. The maximum absolute atomic E-state index is 13.6. The van der Waals surface area contributed by atoms with Crippen molar-refractivity contribution in [3.63, 3.8) is 0 Å². The van der Waals surface area contributed by atoms with Gasteiger partial charge in [0.05, 0.1) is 12.2 Å². The molecule has 0 radical (unpaired) electrons. The minimum atomic E-state index is -0.387. The lowest BCUT2D eigenvalue weighted by molar-refractivity contribution is 0.110. The predicted molar refractivity (Wildman–Crippen MR) is 61.0 cm³/mol. The second-order valence-corrected chi connectivity index (χ2v) is 3.82. The smallest absolute Gasteiger partial charge is 0.165 e. The van der Waals surface area contributed by atoms with Gasteiger partial charge in [0.25, 0.3) is 0 Å². The van der Waals surface area contributed by atoms with Crippen LogP contribution in [0.15, 0.2) is 18.2 Å². The molecular weight excluding hydrogens is 209 g/mol. The quantitative estimate of drug-likeness (QED) is 0.839. The molecule has 0 bridgehead atoms. The molecule has 1 atom stereocenters. The topological polar surface area (TPSA) is 44.5 Å². The molecule has 0 aliphatic carbocycles. The van der Waals surface area contributed by atoms with E-state index in [1.54, 1.807) is 19.2 Å². The summed E-state index contributed by atoms with van der Waals surface area (Å²) in [5, 5.41) is 0. The zero-order valence-corrected chi connectivity index (χ0v) is 9.87. The highest BCUT2D eigenvalue weighted by atomic mass is 19.1. The van der Waals surface area contributed by atoms with Gasteiger partial charge in [0.15, 0.2) is 11.6 Å². The molecule has 0 spiro atoms. The first-order chi connectivity index (χ1) is 7.58. The number of rotatable bonds is 5. The summed E-state index contributed by atoms with van der Waals surface area (Å²) in [5.41, 5.74) is 6.23. The van der Waals surface area contributed by atoms with Crippen molar-refractivity contribution in [3.8, 4) is 5.75 Å². The summed E-state index contributed by atoms with van der Waals surface area (Å²) >= 11 is 0. The Bertz CT molecular complexity index is 338. The van der Waals surface area contributed by atoms with Gasteiger partial charge in [0.2, 0.25) is 0 Å². The fourth-order valence-corrected chi connectivity index (χ4v) is 1.44.